The van der Waals surface area contributed by atoms with Gasteiger partial charge >= 0.3 is 0 Å². The van der Waals surface area contributed by atoms with Gasteiger partial charge in [-0.3, -0.25) is 11.3 Å². The molecule has 0 spiro atoms. The zero-order chi connectivity index (χ0) is 13.0. The molecule has 0 amide bonds. The minimum atomic E-state index is -0.163. The summed E-state index contributed by atoms with van der Waals surface area (Å²) in [6.45, 7) is 1.96. The summed E-state index contributed by atoms with van der Waals surface area (Å²) in [4.78, 5) is 0. The summed E-state index contributed by atoms with van der Waals surface area (Å²) in [6, 6.07) is 5.31. The SMILES string of the molecule is Cc1cc(F)ccc1CC(CC1CCCC1)NN. The molecule has 3 N–H and O–H groups in total. The van der Waals surface area contributed by atoms with Gasteiger partial charge in [-0.05, 0) is 48.9 Å². The van der Waals surface area contributed by atoms with Crippen molar-refractivity contribution in [1.82, 2.24) is 5.43 Å². The molecule has 0 bridgehead atoms. The second-order valence-electron chi connectivity index (χ2n) is 5.52. The van der Waals surface area contributed by atoms with Crippen molar-refractivity contribution < 1.29 is 4.39 Å². The molecular formula is C15H23FN2. The third-order valence-corrected chi connectivity index (χ3v) is 4.10. The van der Waals surface area contributed by atoms with Crippen LogP contribution in [0.4, 0.5) is 4.39 Å². The lowest BCUT2D eigenvalue weighted by Gasteiger charge is -2.20. The van der Waals surface area contributed by atoms with Gasteiger partial charge in [0.15, 0.2) is 0 Å². The molecule has 1 fully saturated rings. The fraction of sp³-hybridized carbons (Fsp3) is 0.600. The highest BCUT2D eigenvalue weighted by atomic mass is 19.1. The van der Waals surface area contributed by atoms with E-state index < -0.39 is 0 Å². The lowest BCUT2D eigenvalue weighted by molar-refractivity contribution is 0.389. The number of nitrogens with one attached hydrogen (secondary N) is 1. The molecule has 0 saturated heterocycles. The predicted molar refractivity (Wildman–Crippen MR) is 72.5 cm³/mol. The maximum atomic E-state index is 13.1. The fourth-order valence-electron chi connectivity index (χ4n) is 3.01. The van der Waals surface area contributed by atoms with E-state index in [0.29, 0.717) is 6.04 Å². The van der Waals surface area contributed by atoms with Crippen LogP contribution in [0, 0.1) is 18.7 Å². The Morgan fingerprint density at radius 2 is 2.11 bits per heavy atom. The van der Waals surface area contributed by atoms with E-state index in [1.54, 1.807) is 6.07 Å². The zero-order valence-electron chi connectivity index (χ0n) is 11.1. The van der Waals surface area contributed by atoms with E-state index in [0.717, 1.165) is 24.3 Å². The molecule has 1 aliphatic carbocycles. The molecule has 2 nitrogen and oxygen atoms in total. The highest BCUT2D eigenvalue weighted by Gasteiger charge is 2.20. The number of aryl methyl sites for hydroxylation is 1. The van der Waals surface area contributed by atoms with Crippen LogP contribution in [-0.2, 0) is 6.42 Å². The number of halogens is 1. The zero-order valence-corrected chi connectivity index (χ0v) is 11.1. The third kappa shape index (κ3) is 3.53. The Morgan fingerprint density at radius 1 is 1.39 bits per heavy atom. The van der Waals surface area contributed by atoms with Crippen molar-refractivity contribution >= 4 is 0 Å². The van der Waals surface area contributed by atoms with Crippen LogP contribution < -0.4 is 11.3 Å². The molecule has 0 aromatic heterocycles. The van der Waals surface area contributed by atoms with Crippen LogP contribution in [0.15, 0.2) is 18.2 Å². The normalized spacial score (nSPS) is 18.2. The van der Waals surface area contributed by atoms with Gasteiger partial charge in [0.2, 0.25) is 0 Å². The highest BCUT2D eigenvalue weighted by Crippen LogP contribution is 2.29. The minimum absolute atomic E-state index is 0.163. The van der Waals surface area contributed by atoms with Gasteiger partial charge < -0.3 is 0 Å². The van der Waals surface area contributed by atoms with Crippen molar-refractivity contribution in [1.29, 1.82) is 0 Å². The van der Waals surface area contributed by atoms with Crippen LogP contribution in [0.5, 0.6) is 0 Å². The van der Waals surface area contributed by atoms with E-state index in [-0.39, 0.29) is 5.82 Å². The molecule has 1 aliphatic rings. The van der Waals surface area contributed by atoms with Crippen molar-refractivity contribution in [2.45, 2.75) is 51.5 Å². The Bertz CT molecular complexity index is 386. The lowest BCUT2D eigenvalue weighted by atomic mass is 9.93. The van der Waals surface area contributed by atoms with Crippen molar-refractivity contribution in [3.63, 3.8) is 0 Å². The molecule has 2 rings (SSSR count). The smallest absolute Gasteiger partial charge is 0.123 e. The van der Waals surface area contributed by atoms with Gasteiger partial charge in [-0.15, -0.1) is 0 Å². The monoisotopic (exact) mass is 250 g/mol. The van der Waals surface area contributed by atoms with Gasteiger partial charge in [0.1, 0.15) is 5.82 Å². The van der Waals surface area contributed by atoms with Crippen LogP contribution in [-0.4, -0.2) is 6.04 Å². The van der Waals surface area contributed by atoms with Crippen LogP contribution in [0.1, 0.15) is 43.2 Å². The summed E-state index contributed by atoms with van der Waals surface area (Å²) in [6.07, 6.45) is 7.41. The third-order valence-electron chi connectivity index (χ3n) is 4.10. The second kappa shape index (κ2) is 6.30. The molecule has 0 radical (unpaired) electrons. The van der Waals surface area contributed by atoms with Gasteiger partial charge in [-0.2, -0.15) is 0 Å². The quantitative estimate of drug-likeness (QED) is 0.622. The Morgan fingerprint density at radius 3 is 2.72 bits per heavy atom. The first kappa shape index (κ1) is 13.5. The minimum Gasteiger partial charge on any atom is -0.271 e. The Balaban J connectivity index is 1.96. The molecule has 1 atom stereocenters. The molecule has 1 aromatic rings. The van der Waals surface area contributed by atoms with Crippen molar-refractivity contribution in [3.05, 3.63) is 35.1 Å². The summed E-state index contributed by atoms with van der Waals surface area (Å²) in [7, 11) is 0. The molecule has 1 unspecified atom stereocenters. The van der Waals surface area contributed by atoms with Crippen LogP contribution >= 0.6 is 0 Å². The molecular weight excluding hydrogens is 227 g/mol. The number of rotatable bonds is 5. The van der Waals surface area contributed by atoms with Gasteiger partial charge in [0.25, 0.3) is 0 Å². The number of nitrogens with two attached hydrogens (primary N) is 1. The summed E-state index contributed by atoms with van der Waals surface area (Å²) < 4.78 is 13.1. The van der Waals surface area contributed by atoms with Gasteiger partial charge in [0.05, 0.1) is 0 Å². The number of hydrogen-bond donors (Lipinski definition) is 2. The van der Waals surface area contributed by atoms with Crippen LogP contribution in [0.3, 0.4) is 0 Å². The van der Waals surface area contributed by atoms with E-state index in [2.05, 4.69) is 5.43 Å². The maximum absolute atomic E-state index is 13.1. The van der Waals surface area contributed by atoms with Crippen molar-refractivity contribution in [2.75, 3.05) is 0 Å². The Kier molecular flexibility index (Phi) is 4.72. The van der Waals surface area contributed by atoms with Gasteiger partial charge in [-0.25, -0.2) is 4.39 Å². The highest BCUT2D eigenvalue weighted by molar-refractivity contribution is 5.27. The molecule has 1 aromatic carbocycles. The first-order chi connectivity index (χ1) is 8.69. The topological polar surface area (TPSA) is 38.0 Å². The van der Waals surface area contributed by atoms with E-state index >= 15 is 0 Å². The summed E-state index contributed by atoms with van der Waals surface area (Å²) in [5.41, 5.74) is 5.13. The lowest BCUT2D eigenvalue weighted by Crippen LogP contribution is -2.38. The average molecular weight is 250 g/mol. The number of hydrazine groups is 1. The average Bonchev–Trinajstić information content (AvgIpc) is 2.84. The molecule has 3 heteroatoms. The van der Waals surface area contributed by atoms with Crippen LogP contribution in [0.25, 0.3) is 0 Å². The molecule has 0 heterocycles. The second-order valence-corrected chi connectivity index (χ2v) is 5.52. The van der Waals surface area contributed by atoms with Crippen LogP contribution in [0.2, 0.25) is 0 Å². The van der Waals surface area contributed by atoms with Gasteiger partial charge in [-0.1, -0.05) is 31.7 Å². The molecule has 1 saturated carbocycles. The molecule has 18 heavy (non-hydrogen) atoms. The Hall–Kier alpha value is -0.930. The first-order valence-corrected chi connectivity index (χ1v) is 6.90. The van der Waals surface area contributed by atoms with E-state index in [1.165, 1.54) is 37.3 Å². The summed E-state index contributed by atoms with van der Waals surface area (Å²) >= 11 is 0. The summed E-state index contributed by atoms with van der Waals surface area (Å²) in [5.74, 6) is 6.30. The van der Waals surface area contributed by atoms with E-state index in [9.17, 15) is 4.39 Å². The van der Waals surface area contributed by atoms with E-state index in [4.69, 9.17) is 5.84 Å². The predicted octanol–water partition coefficient (Wildman–Crippen LogP) is 3.09. The number of benzene rings is 1. The first-order valence-electron chi connectivity index (χ1n) is 6.90. The van der Waals surface area contributed by atoms with Gasteiger partial charge in [0, 0.05) is 6.04 Å². The van der Waals surface area contributed by atoms with Crippen molar-refractivity contribution in [2.24, 2.45) is 11.8 Å². The Labute approximate surface area is 109 Å². The number of hydrogen-bond acceptors (Lipinski definition) is 2. The molecule has 100 valence electrons. The largest absolute Gasteiger partial charge is 0.271 e. The fourth-order valence-corrected chi connectivity index (χ4v) is 3.01. The van der Waals surface area contributed by atoms with Crippen molar-refractivity contribution in [3.8, 4) is 0 Å². The summed E-state index contributed by atoms with van der Waals surface area (Å²) in [5, 5.41) is 0. The maximum Gasteiger partial charge on any atom is 0.123 e. The molecule has 0 aliphatic heterocycles. The standard InChI is InChI=1S/C15H23FN2/c1-11-8-14(16)7-6-13(11)10-15(18-17)9-12-4-2-3-5-12/h6-8,12,15,18H,2-5,9-10,17H2,1H3. The van der Waals surface area contributed by atoms with E-state index in [1.807, 2.05) is 13.0 Å².